The Morgan fingerprint density at radius 3 is 2.65 bits per heavy atom. The van der Waals surface area contributed by atoms with Crippen molar-refractivity contribution in [3.8, 4) is 0 Å². The van der Waals surface area contributed by atoms with Crippen molar-refractivity contribution < 1.29 is 0 Å². The first kappa shape index (κ1) is 23.3. The van der Waals surface area contributed by atoms with Gasteiger partial charge in [-0.1, -0.05) is 24.3 Å². The van der Waals surface area contributed by atoms with E-state index in [1.54, 1.807) is 11.3 Å². The maximum atomic E-state index is 4.73. The van der Waals surface area contributed by atoms with Crippen LogP contribution in [0.25, 0.3) is 10.9 Å². The monoisotopic (exact) mass is 549 g/mol. The lowest BCUT2D eigenvalue weighted by atomic mass is 10.1. The second-order valence-electron chi connectivity index (χ2n) is 7.18. The van der Waals surface area contributed by atoms with Crippen LogP contribution in [-0.4, -0.2) is 38.8 Å². The van der Waals surface area contributed by atoms with E-state index in [1.807, 2.05) is 18.5 Å². The maximum absolute atomic E-state index is 4.73. The van der Waals surface area contributed by atoms with Crippen LogP contribution >= 0.6 is 35.3 Å². The number of guanidine groups is 1. The zero-order valence-corrected chi connectivity index (χ0v) is 20.9. The topological polar surface area (TPSA) is 82.9 Å². The summed E-state index contributed by atoms with van der Waals surface area (Å²) in [6.45, 7) is 4.06. The summed E-state index contributed by atoms with van der Waals surface area (Å²) in [4.78, 5) is 9.44. The van der Waals surface area contributed by atoms with Crippen LogP contribution in [0.15, 0.2) is 53.0 Å². The highest BCUT2D eigenvalue weighted by Crippen LogP contribution is 2.17. The molecule has 1 aromatic carbocycles. The number of halogens is 1. The quantitative estimate of drug-likeness (QED) is 0.178. The Bertz CT molecular complexity index is 1110. The lowest BCUT2D eigenvalue weighted by Crippen LogP contribution is -2.39. The highest BCUT2D eigenvalue weighted by Gasteiger charge is 2.07. The number of aliphatic imine (C=N–C) groups is 1. The van der Waals surface area contributed by atoms with Gasteiger partial charge in [-0.05, 0) is 42.8 Å². The molecule has 0 amide bonds. The number of aromatic amines is 1. The summed E-state index contributed by atoms with van der Waals surface area (Å²) in [6, 6.07) is 12.6. The van der Waals surface area contributed by atoms with E-state index >= 15 is 0 Å². The van der Waals surface area contributed by atoms with Crippen molar-refractivity contribution in [2.75, 3.05) is 13.1 Å². The van der Waals surface area contributed by atoms with E-state index in [9.17, 15) is 0 Å². The molecule has 0 aliphatic rings. The highest BCUT2D eigenvalue weighted by atomic mass is 127. The summed E-state index contributed by atoms with van der Waals surface area (Å²) in [5.74, 6) is 2.54. The Hall–Kier alpha value is -2.40. The summed E-state index contributed by atoms with van der Waals surface area (Å²) in [5.41, 5.74) is 2.48. The molecule has 0 saturated carbocycles. The van der Waals surface area contributed by atoms with Gasteiger partial charge in [0.2, 0.25) is 0 Å². The predicted octanol–water partition coefficient (Wildman–Crippen LogP) is 3.80. The number of para-hydroxylation sites is 1. The molecule has 4 rings (SSSR count). The fourth-order valence-electron chi connectivity index (χ4n) is 3.33. The molecule has 0 bridgehead atoms. The van der Waals surface area contributed by atoms with Gasteiger partial charge in [-0.25, -0.2) is 4.99 Å². The zero-order valence-electron chi connectivity index (χ0n) is 17.8. The first-order valence-corrected chi connectivity index (χ1v) is 11.0. The number of hydrogen-bond acceptors (Lipinski definition) is 4. The normalized spacial score (nSPS) is 11.5. The first-order chi connectivity index (χ1) is 14.7. The smallest absolute Gasteiger partial charge is 0.191 e. The molecule has 4 aromatic rings. The number of nitrogens with zero attached hydrogens (tertiary/aromatic N) is 4. The summed E-state index contributed by atoms with van der Waals surface area (Å²) in [5, 5.41) is 18.6. The average Bonchev–Trinajstić information content (AvgIpc) is 3.49. The molecule has 164 valence electrons. The summed E-state index contributed by atoms with van der Waals surface area (Å²) in [6.07, 6.45) is 3.98. The van der Waals surface area contributed by atoms with Gasteiger partial charge in [0.05, 0.1) is 0 Å². The molecule has 3 N–H and O–H groups in total. The Morgan fingerprint density at radius 2 is 1.90 bits per heavy atom. The summed E-state index contributed by atoms with van der Waals surface area (Å²) < 4.78 is 1.97. The lowest BCUT2D eigenvalue weighted by Gasteiger charge is -2.12. The van der Waals surface area contributed by atoms with Gasteiger partial charge in [0.1, 0.15) is 12.4 Å². The van der Waals surface area contributed by atoms with Crippen molar-refractivity contribution in [3.63, 3.8) is 0 Å². The molecule has 0 unspecified atom stereocenters. The Balaban J connectivity index is 0.00000272. The number of aromatic nitrogens is 4. The van der Waals surface area contributed by atoms with Gasteiger partial charge in [-0.3, -0.25) is 0 Å². The molecule has 0 aliphatic carbocycles. The van der Waals surface area contributed by atoms with Crippen LogP contribution in [0.5, 0.6) is 0 Å². The number of rotatable bonds is 8. The molecule has 0 aliphatic heterocycles. The minimum atomic E-state index is 0. The van der Waals surface area contributed by atoms with E-state index in [0.29, 0.717) is 6.54 Å². The van der Waals surface area contributed by atoms with Gasteiger partial charge in [-0.15, -0.1) is 45.5 Å². The third-order valence-electron chi connectivity index (χ3n) is 5.17. The summed E-state index contributed by atoms with van der Waals surface area (Å²) >= 11 is 1.78. The fraction of sp³-hybridized carbons (Fsp3) is 0.318. The molecule has 3 aromatic heterocycles. The third-order valence-corrected chi connectivity index (χ3v) is 6.10. The highest BCUT2D eigenvalue weighted by molar-refractivity contribution is 14.0. The van der Waals surface area contributed by atoms with E-state index in [4.69, 9.17) is 4.99 Å². The molecule has 0 radical (unpaired) electrons. The van der Waals surface area contributed by atoms with Crippen LogP contribution in [0.3, 0.4) is 0 Å². The Kier molecular flexibility index (Phi) is 8.47. The zero-order chi connectivity index (χ0) is 20.8. The maximum Gasteiger partial charge on any atom is 0.191 e. The van der Waals surface area contributed by atoms with Gasteiger partial charge >= 0.3 is 0 Å². The van der Waals surface area contributed by atoms with Gasteiger partial charge in [0, 0.05) is 42.1 Å². The van der Waals surface area contributed by atoms with E-state index in [0.717, 1.165) is 43.5 Å². The molecule has 0 fully saturated rings. The van der Waals surface area contributed by atoms with Gasteiger partial charge in [-0.2, -0.15) is 0 Å². The number of thiophene rings is 1. The molecule has 7 nitrogen and oxygen atoms in total. The van der Waals surface area contributed by atoms with Crippen LogP contribution in [0.2, 0.25) is 0 Å². The van der Waals surface area contributed by atoms with Gasteiger partial charge < -0.3 is 20.2 Å². The summed E-state index contributed by atoms with van der Waals surface area (Å²) in [7, 11) is 1.97. The molecule has 0 spiro atoms. The number of nitrogens with one attached hydrogen (secondary N) is 3. The van der Waals surface area contributed by atoms with Crippen molar-refractivity contribution >= 4 is 52.2 Å². The number of fused-ring (bicyclic) bond motifs is 1. The van der Waals surface area contributed by atoms with Crippen molar-refractivity contribution in [1.82, 2.24) is 30.4 Å². The van der Waals surface area contributed by atoms with Crippen LogP contribution in [-0.2, 0) is 26.4 Å². The fourth-order valence-corrected chi connectivity index (χ4v) is 4.03. The van der Waals surface area contributed by atoms with Crippen LogP contribution in [0.1, 0.15) is 22.1 Å². The molecule has 9 heteroatoms. The molecular weight excluding hydrogens is 521 g/mol. The van der Waals surface area contributed by atoms with E-state index in [-0.39, 0.29) is 24.0 Å². The van der Waals surface area contributed by atoms with Crippen molar-refractivity contribution in [2.24, 2.45) is 12.0 Å². The largest absolute Gasteiger partial charge is 0.361 e. The Morgan fingerprint density at radius 1 is 1.10 bits per heavy atom. The second-order valence-corrected chi connectivity index (χ2v) is 8.21. The lowest BCUT2D eigenvalue weighted by molar-refractivity contribution is 0.747. The third kappa shape index (κ3) is 6.07. The first-order valence-electron chi connectivity index (χ1n) is 10.1. The predicted molar refractivity (Wildman–Crippen MR) is 138 cm³/mol. The van der Waals surface area contributed by atoms with Gasteiger partial charge in [0.15, 0.2) is 11.8 Å². The molecule has 3 heterocycles. The number of H-pyrrole nitrogens is 1. The molecule has 31 heavy (non-hydrogen) atoms. The molecule has 0 atom stereocenters. The number of benzene rings is 1. The van der Waals surface area contributed by atoms with E-state index in [1.165, 1.54) is 21.3 Å². The minimum absolute atomic E-state index is 0. The SMILES string of the molecule is Cc1nnc(CN=C(NCCc2cccs2)NCCc2c[nH]c3ccccc23)n1C.I. The van der Waals surface area contributed by atoms with Crippen LogP contribution in [0.4, 0.5) is 0 Å². The van der Waals surface area contributed by atoms with E-state index < -0.39 is 0 Å². The minimum Gasteiger partial charge on any atom is -0.361 e. The van der Waals surface area contributed by atoms with Gasteiger partial charge in [0.25, 0.3) is 0 Å². The Labute approximate surface area is 203 Å². The number of aryl methyl sites for hydroxylation is 1. The molecular formula is C22H28IN7S. The van der Waals surface area contributed by atoms with Crippen molar-refractivity contribution in [3.05, 3.63) is 70.1 Å². The van der Waals surface area contributed by atoms with Crippen molar-refractivity contribution in [1.29, 1.82) is 0 Å². The van der Waals surface area contributed by atoms with Crippen molar-refractivity contribution in [2.45, 2.75) is 26.3 Å². The van der Waals surface area contributed by atoms with Crippen LogP contribution in [0, 0.1) is 6.92 Å². The second kappa shape index (κ2) is 11.3. The number of hydrogen-bond donors (Lipinski definition) is 3. The average molecular weight is 549 g/mol. The van der Waals surface area contributed by atoms with E-state index in [2.05, 4.69) is 73.8 Å². The standard InChI is InChI=1S/C22H27N7S.HI/c1-16-27-28-21(29(16)2)15-26-22(24-12-10-18-6-5-13-30-18)23-11-9-17-14-25-20-8-4-3-7-19(17)20;/h3-8,13-14,25H,9-12,15H2,1-2H3,(H2,23,24,26);1H. The van der Waals surface area contributed by atoms with Crippen LogP contribution < -0.4 is 10.6 Å². The molecule has 0 saturated heterocycles.